The number of carbonyl (C=O) groups excluding carboxylic acids is 2. The Morgan fingerprint density at radius 3 is 2.69 bits per heavy atom. The van der Waals surface area contributed by atoms with Crippen LogP contribution in [-0.2, 0) is 9.53 Å². The lowest BCUT2D eigenvalue weighted by atomic mass is 10.1. The molecule has 0 aliphatic rings. The highest BCUT2D eigenvalue weighted by atomic mass is 35.5. The summed E-state index contributed by atoms with van der Waals surface area (Å²) < 4.78 is 4.36. The highest BCUT2D eigenvalue weighted by molar-refractivity contribution is 6.31. The van der Waals surface area contributed by atoms with E-state index in [1.54, 1.807) is 18.2 Å². The second kappa shape index (κ2) is 5.32. The fourth-order valence-corrected chi connectivity index (χ4v) is 1.23. The van der Waals surface area contributed by atoms with E-state index in [2.05, 4.69) is 4.74 Å². The maximum Gasteiger partial charge on any atom is 0.354 e. The molecule has 0 radical (unpaired) electrons. The van der Waals surface area contributed by atoms with Crippen molar-refractivity contribution in [3.05, 3.63) is 46.6 Å². The number of carbonyl (C=O) groups is 2. The van der Waals surface area contributed by atoms with E-state index < -0.39 is 11.8 Å². The molecule has 0 atom stereocenters. The highest BCUT2D eigenvalue weighted by Crippen LogP contribution is 2.11. The minimum atomic E-state index is -0.740. The fourth-order valence-electron chi connectivity index (χ4n) is 1.04. The first-order chi connectivity index (χ1) is 7.54. The molecule has 0 bridgehead atoms. The number of hydrogen-bond acceptors (Lipinski definition) is 4. The van der Waals surface area contributed by atoms with Crippen LogP contribution in [0.2, 0.25) is 5.02 Å². The van der Waals surface area contributed by atoms with Gasteiger partial charge in [0.05, 0.1) is 7.11 Å². The summed E-state index contributed by atoms with van der Waals surface area (Å²) in [6.07, 6.45) is 1.01. The van der Waals surface area contributed by atoms with Crippen LogP contribution in [0.4, 0.5) is 0 Å². The number of methoxy groups -OCH3 is 1. The van der Waals surface area contributed by atoms with Crippen LogP contribution in [0.5, 0.6) is 0 Å². The summed E-state index contributed by atoms with van der Waals surface area (Å²) in [5.41, 5.74) is 5.45. The second-order valence-corrected chi connectivity index (χ2v) is 3.40. The highest BCUT2D eigenvalue weighted by Gasteiger charge is 2.09. The molecule has 0 aliphatic heterocycles. The van der Waals surface area contributed by atoms with Crippen molar-refractivity contribution in [2.75, 3.05) is 7.11 Å². The second-order valence-electron chi connectivity index (χ2n) is 2.97. The third-order valence-corrected chi connectivity index (χ3v) is 2.05. The molecule has 0 spiro atoms. The molecule has 0 unspecified atom stereocenters. The molecular formula is C11H10ClNO3. The van der Waals surface area contributed by atoms with Gasteiger partial charge >= 0.3 is 5.97 Å². The number of esters is 1. The molecule has 0 heterocycles. The van der Waals surface area contributed by atoms with Gasteiger partial charge in [0.2, 0.25) is 0 Å². The van der Waals surface area contributed by atoms with E-state index in [0.717, 1.165) is 6.08 Å². The van der Waals surface area contributed by atoms with Gasteiger partial charge in [0, 0.05) is 16.7 Å². The van der Waals surface area contributed by atoms with Crippen LogP contribution >= 0.6 is 11.6 Å². The molecule has 0 saturated carbocycles. The van der Waals surface area contributed by atoms with Crippen molar-refractivity contribution in [2.45, 2.75) is 0 Å². The number of ketones is 1. The van der Waals surface area contributed by atoms with Gasteiger partial charge in [-0.25, -0.2) is 4.79 Å². The fraction of sp³-hybridized carbons (Fsp3) is 0.0909. The van der Waals surface area contributed by atoms with Gasteiger partial charge in [0.25, 0.3) is 0 Å². The molecule has 1 rings (SSSR count). The Hall–Kier alpha value is -1.81. The standard InChI is InChI=1S/C11H10ClNO3/c1-16-11(15)9(13)6-10(14)7-3-2-4-8(12)5-7/h2-6H,13H2,1H3. The van der Waals surface area contributed by atoms with E-state index in [9.17, 15) is 9.59 Å². The van der Waals surface area contributed by atoms with E-state index in [1.807, 2.05) is 0 Å². The first-order valence-corrected chi connectivity index (χ1v) is 4.77. The van der Waals surface area contributed by atoms with Crippen molar-refractivity contribution < 1.29 is 14.3 Å². The monoisotopic (exact) mass is 239 g/mol. The molecule has 2 N–H and O–H groups in total. The lowest BCUT2D eigenvalue weighted by molar-refractivity contribution is -0.136. The minimum absolute atomic E-state index is 0.243. The quantitative estimate of drug-likeness (QED) is 0.494. The molecule has 0 aromatic heterocycles. The summed E-state index contributed by atoms with van der Waals surface area (Å²) in [6.45, 7) is 0. The molecule has 0 fully saturated rings. The van der Waals surface area contributed by atoms with Gasteiger partial charge < -0.3 is 10.5 Å². The Balaban J connectivity index is 2.92. The summed E-state index contributed by atoms with van der Waals surface area (Å²) in [6, 6.07) is 6.35. The Kier molecular flexibility index (Phi) is 4.08. The Bertz CT molecular complexity index is 454. The van der Waals surface area contributed by atoms with Gasteiger partial charge in [0.1, 0.15) is 5.70 Å². The Morgan fingerprint density at radius 1 is 1.44 bits per heavy atom. The molecule has 4 nitrogen and oxygen atoms in total. The average Bonchev–Trinajstić information content (AvgIpc) is 2.27. The predicted molar refractivity (Wildman–Crippen MR) is 60.1 cm³/mol. The minimum Gasteiger partial charge on any atom is -0.464 e. The summed E-state index contributed by atoms with van der Waals surface area (Å²) in [7, 11) is 1.19. The van der Waals surface area contributed by atoms with Crippen molar-refractivity contribution in [3.8, 4) is 0 Å². The first-order valence-electron chi connectivity index (χ1n) is 4.40. The van der Waals surface area contributed by atoms with Crippen LogP contribution in [0.25, 0.3) is 0 Å². The van der Waals surface area contributed by atoms with E-state index in [1.165, 1.54) is 13.2 Å². The zero-order valence-corrected chi connectivity index (χ0v) is 9.32. The maximum absolute atomic E-state index is 11.6. The van der Waals surface area contributed by atoms with Crippen LogP contribution in [0.1, 0.15) is 10.4 Å². The van der Waals surface area contributed by atoms with Crippen LogP contribution in [0.3, 0.4) is 0 Å². The summed E-state index contributed by atoms with van der Waals surface area (Å²) >= 11 is 5.72. The lowest BCUT2D eigenvalue weighted by Crippen LogP contribution is -2.14. The molecule has 16 heavy (non-hydrogen) atoms. The smallest absolute Gasteiger partial charge is 0.354 e. The molecule has 84 valence electrons. The van der Waals surface area contributed by atoms with E-state index >= 15 is 0 Å². The third-order valence-electron chi connectivity index (χ3n) is 1.82. The number of rotatable bonds is 3. The van der Waals surface area contributed by atoms with Gasteiger partial charge in [0.15, 0.2) is 5.78 Å². The summed E-state index contributed by atoms with van der Waals surface area (Å²) in [5.74, 6) is -1.14. The Labute approximate surface area is 97.6 Å². The molecule has 5 heteroatoms. The van der Waals surface area contributed by atoms with Crippen LogP contribution < -0.4 is 5.73 Å². The maximum atomic E-state index is 11.6. The van der Waals surface area contributed by atoms with Crippen LogP contribution in [0, 0.1) is 0 Å². The number of ether oxygens (including phenoxy) is 1. The van der Waals surface area contributed by atoms with Crippen molar-refractivity contribution in [1.29, 1.82) is 0 Å². The SMILES string of the molecule is COC(=O)C(N)=CC(=O)c1cccc(Cl)c1. The molecule has 0 aliphatic carbocycles. The van der Waals surface area contributed by atoms with Crippen molar-refractivity contribution >= 4 is 23.4 Å². The molecule has 0 amide bonds. The van der Waals surface area contributed by atoms with E-state index in [-0.39, 0.29) is 5.70 Å². The average molecular weight is 240 g/mol. The Morgan fingerprint density at radius 2 is 2.12 bits per heavy atom. The third kappa shape index (κ3) is 3.10. The van der Waals surface area contributed by atoms with Gasteiger partial charge in [-0.1, -0.05) is 23.7 Å². The predicted octanol–water partition coefficient (Wildman–Crippen LogP) is 1.54. The first kappa shape index (κ1) is 12.3. The number of hydrogen-bond donors (Lipinski definition) is 1. The van der Waals surface area contributed by atoms with Gasteiger partial charge in [-0.05, 0) is 12.1 Å². The van der Waals surface area contributed by atoms with Crippen molar-refractivity contribution in [3.63, 3.8) is 0 Å². The summed E-state index contributed by atoms with van der Waals surface area (Å²) in [5, 5.41) is 0.441. The van der Waals surface area contributed by atoms with Crippen LogP contribution in [0.15, 0.2) is 36.0 Å². The van der Waals surface area contributed by atoms with E-state index in [0.29, 0.717) is 10.6 Å². The zero-order chi connectivity index (χ0) is 12.1. The number of halogens is 1. The van der Waals surface area contributed by atoms with Crippen molar-refractivity contribution in [2.24, 2.45) is 5.73 Å². The molecule has 1 aromatic rings. The normalized spacial score (nSPS) is 11.0. The van der Waals surface area contributed by atoms with E-state index in [4.69, 9.17) is 17.3 Å². The zero-order valence-electron chi connectivity index (χ0n) is 8.57. The molecule has 0 saturated heterocycles. The number of allylic oxidation sites excluding steroid dienone is 1. The van der Waals surface area contributed by atoms with Gasteiger partial charge in [-0.2, -0.15) is 0 Å². The number of benzene rings is 1. The van der Waals surface area contributed by atoms with Crippen LogP contribution in [-0.4, -0.2) is 18.9 Å². The van der Waals surface area contributed by atoms with Crippen molar-refractivity contribution in [1.82, 2.24) is 0 Å². The van der Waals surface area contributed by atoms with Gasteiger partial charge in [-0.15, -0.1) is 0 Å². The summed E-state index contributed by atoms with van der Waals surface area (Å²) in [4.78, 5) is 22.6. The molecular weight excluding hydrogens is 230 g/mol. The largest absolute Gasteiger partial charge is 0.464 e. The molecule has 1 aromatic carbocycles. The van der Waals surface area contributed by atoms with Gasteiger partial charge in [-0.3, -0.25) is 4.79 Å². The number of nitrogens with two attached hydrogens (primary N) is 1. The lowest BCUT2D eigenvalue weighted by Gasteiger charge is -1.99. The topological polar surface area (TPSA) is 69.4 Å².